The molecule has 0 bridgehead atoms. The third kappa shape index (κ3) is 3.51. The highest BCUT2D eigenvalue weighted by Crippen LogP contribution is 2.40. The molecule has 1 aromatic heterocycles. The van der Waals surface area contributed by atoms with E-state index in [1.165, 1.54) is 4.57 Å². The lowest BCUT2D eigenvalue weighted by molar-refractivity contribution is 0.807. The van der Waals surface area contributed by atoms with Gasteiger partial charge in [-0.15, -0.1) is 0 Å². The Kier molecular flexibility index (Phi) is 5.96. The number of aromatic nitrogens is 1. The van der Waals surface area contributed by atoms with Crippen molar-refractivity contribution in [2.75, 3.05) is 0 Å². The van der Waals surface area contributed by atoms with Crippen LogP contribution in [0.5, 0.6) is 0 Å². The second-order valence-electron chi connectivity index (χ2n) is 4.20. The largest absolute Gasteiger partial charge is 0.316 e. The van der Waals surface area contributed by atoms with E-state index in [9.17, 15) is 5.26 Å². The van der Waals surface area contributed by atoms with E-state index in [4.69, 9.17) is 69.6 Å². The van der Waals surface area contributed by atoms with Crippen molar-refractivity contribution < 1.29 is 0 Å². The highest BCUT2D eigenvalue weighted by molar-refractivity contribution is 6.59. The maximum atomic E-state index is 9.32. The first kappa shape index (κ1) is 17.8. The molecule has 0 N–H and O–H groups in total. The van der Waals surface area contributed by atoms with Gasteiger partial charge in [-0.2, -0.15) is 5.26 Å². The van der Waals surface area contributed by atoms with Crippen molar-refractivity contribution in [2.24, 2.45) is 0 Å². The highest BCUT2D eigenvalue weighted by atomic mass is 35.5. The summed E-state index contributed by atoms with van der Waals surface area (Å²) in [5.74, 6) is 0. The first-order valence-electron chi connectivity index (χ1n) is 5.80. The van der Waals surface area contributed by atoms with E-state index in [2.05, 4.69) is 0 Å². The van der Waals surface area contributed by atoms with Crippen LogP contribution in [0.1, 0.15) is 5.69 Å². The Morgan fingerprint density at radius 2 is 1.64 bits per heavy atom. The van der Waals surface area contributed by atoms with E-state index >= 15 is 0 Å². The second-order valence-corrected chi connectivity index (χ2v) is 6.78. The number of benzene rings is 1. The molecule has 0 saturated carbocycles. The molecule has 2 rings (SSSR count). The summed E-state index contributed by atoms with van der Waals surface area (Å²) in [4.78, 5) is 0. The summed E-state index contributed by atoms with van der Waals surface area (Å²) in [5.41, 5.74) is 1.42. The SMILES string of the molecule is N#Cc1c(Cl)c(-c2ccc(Cl)cc2)c(Cl)n1CC(Cl)=C(Cl)Cl. The van der Waals surface area contributed by atoms with Crippen LogP contribution in [0.2, 0.25) is 15.2 Å². The molecule has 0 fully saturated rings. The summed E-state index contributed by atoms with van der Waals surface area (Å²) in [5, 5.41) is 10.5. The van der Waals surface area contributed by atoms with Crippen molar-refractivity contribution in [3.05, 3.63) is 54.7 Å². The quantitative estimate of drug-likeness (QED) is 0.538. The summed E-state index contributed by atoms with van der Waals surface area (Å²) < 4.78 is 1.35. The molecule has 0 amide bonds. The normalized spacial score (nSPS) is 10.4. The zero-order valence-corrected chi connectivity index (χ0v) is 15.2. The fraction of sp³-hybridized carbons (Fsp3) is 0.0714. The monoisotopic (exact) mass is 412 g/mol. The van der Waals surface area contributed by atoms with Crippen molar-refractivity contribution in [2.45, 2.75) is 6.54 Å². The van der Waals surface area contributed by atoms with Gasteiger partial charge in [0.1, 0.15) is 21.4 Å². The van der Waals surface area contributed by atoms with Crippen LogP contribution in [0, 0.1) is 11.3 Å². The molecule has 0 aliphatic rings. The highest BCUT2D eigenvalue weighted by Gasteiger charge is 2.22. The molecule has 0 aliphatic heterocycles. The Morgan fingerprint density at radius 1 is 1.05 bits per heavy atom. The predicted octanol–water partition coefficient (Wildman–Crippen LogP) is 6.87. The van der Waals surface area contributed by atoms with Crippen molar-refractivity contribution in [3.63, 3.8) is 0 Å². The van der Waals surface area contributed by atoms with Crippen LogP contribution in [0.3, 0.4) is 0 Å². The Bertz CT molecular complexity index is 779. The maximum absolute atomic E-state index is 9.32. The summed E-state index contributed by atoms with van der Waals surface area (Å²) >= 11 is 35.7. The number of halogens is 6. The fourth-order valence-electron chi connectivity index (χ4n) is 1.88. The van der Waals surface area contributed by atoms with Crippen molar-refractivity contribution in [1.29, 1.82) is 5.26 Å². The molecule has 8 heteroatoms. The van der Waals surface area contributed by atoms with Gasteiger partial charge in [0.05, 0.1) is 16.6 Å². The summed E-state index contributed by atoms with van der Waals surface area (Å²) in [6.07, 6.45) is 0. The minimum absolute atomic E-state index is 0.0406. The average Bonchev–Trinajstić information content (AvgIpc) is 2.71. The molecule has 1 heterocycles. The van der Waals surface area contributed by atoms with Crippen molar-refractivity contribution in [3.8, 4) is 17.2 Å². The number of nitriles is 1. The topological polar surface area (TPSA) is 28.7 Å². The average molecular weight is 415 g/mol. The molecule has 22 heavy (non-hydrogen) atoms. The number of rotatable bonds is 3. The number of hydrogen-bond acceptors (Lipinski definition) is 1. The first-order valence-corrected chi connectivity index (χ1v) is 8.06. The fourth-order valence-corrected chi connectivity index (χ4v) is 2.98. The molecule has 0 spiro atoms. The lowest BCUT2D eigenvalue weighted by atomic mass is 10.1. The molecule has 0 atom stereocenters. The van der Waals surface area contributed by atoms with Gasteiger partial charge in [0.2, 0.25) is 0 Å². The van der Waals surface area contributed by atoms with Gasteiger partial charge in [0.15, 0.2) is 0 Å². The maximum Gasteiger partial charge on any atom is 0.141 e. The van der Waals surface area contributed by atoms with Crippen LogP contribution < -0.4 is 0 Å². The summed E-state index contributed by atoms with van der Waals surface area (Å²) in [6, 6.07) is 8.92. The Balaban J connectivity index is 2.63. The molecule has 0 radical (unpaired) electrons. The number of allylic oxidation sites excluding steroid dienone is 1. The molecule has 0 unspecified atom stereocenters. The zero-order valence-electron chi connectivity index (χ0n) is 10.7. The molecular weight excluding hydrogens is 409 g/mol. The van der Waals surface area contributed by atoms with Gasteiger partial charge in [-0.05, 0) is 17.7 Å². The van der Waals surface area contributed by atoms with Gasteiger partial charge >= 0.3 is 0 Å². The van der Waals surface area contributed by atoms with E-state index < -0.39 is 0 Å². The van der Waals surface area contributed by atoms with E-state index in [0.29, 0.717) is 10.6 Å². The third-order valence-corrected chi connectivity index (χ3v) is 4.85. The molecule has 1 aromatic carbocycles. The second kappa shape index (κ2) is 7.36. The minimum atomic E-state index is -0.0977. The van der Waals surface area contributed by atoms with Gasteiger partial charge in [0.25, 0.3) is 0 Å². The predicted molar refractivity (Wildman–Crippen MR) is 94.2 cm³/mol. The summed E-state index contributed by atoms with van der Waals surface area (Å²) in [7, 11) is 0. The van der Waals surface area contributed by atoms with Crippen LogP contribution in [0.25, 0.3) is 11.1 Å². The number of nitrogens with zero attached hydrogens (tertiary/aromatic N) is 2. The molecule has 114 valence electrons. The van der Waals surface area contributed by atoms with E-state index in [1.807, 2.05) is 6.07 Å². The molecular formula is C14H6Cl6N2. The van der Waals surface area contributed by atoms with Crippen molar-refractivity contribution in [1.82, 2.24) is 4.57 Å². The van der Waals surface area contributed by atoms with E-state index in [-0.39, 0.29) is 31.9 Å². The number of hydrogen-bond donors (Lipinski definition) is 0. The van der Waals surface area contributed by atoms with Gasteiger partial charge in [-0.25, -0.2) is 0 Å². The molecule has 0 saturated heterocycles. The van der Waals surface area contributed by atoms with Crippen LogP contribution in [-0.2, 0) is 6.54 Å². The first-order chi connectivity index (χ1) is 10.4. The lowest BCUT2D eigenvalue weighted by Gasteiger charge is -2.06. The van der Waals surface area contributed by atoms with Crippen LogP contribution in [0.15, 0.2) is 33.8 Å². The molecule has 0 aliphatic carbocycles. The standard InChI is InChI=1S/C14H6Cl6N2/c15-8-3-1-7(2-4-8)11-12(17)10(5-21)22(14(11)20)6-9(16)13(18)19/h1-4H,6H2. The van der Waals surface area contributed by atoms with Crippen LogP contribution in [0.4, 0.5) is 0 Å². The van der Waals surface area contributed by atoms with Gasteiger partial charge in [-0.3, -0.25) is 0 Å². The third-order valence-electron chi connectivity index (χ3n) is 2.88. The van der Waals surface area contributed by atoms with Gasteiger partial charge in [0, 0.05) is 10.6 Å². The van der Waals surface area contributed by atoms with Crippen LogP contribution >= 0.6 is 69.6 Å². The Labute approximate surface area is 157 Å². The lowest BCUT2D eigenvalue weighted by Crippen LogP contribution is -2.01. The van der Waals surface area contributed by atoms with Gasteiger partial charge < -0.3 is 4.57 Å². The Hall–Kier alpha value is -0.530. The van der Waals surface area contributed by atoms with Crippen LogP contribution in [-0.4, -0.2) is 4.57 Å². The van der Waals surface area contributed by atoms with E-state index in [1.54, 1.807) is 24.3 Å². The molecule has 2 nitrogen and oxygen atoms in total. The zero-order chi connectivity index (χ0) is 16.4. The Morgan fingerprint density at radius 3 is 2.14 bits per heavy atom. The van der Waals surface area contributed by atoms with E-state index in [0.717, 1.165) is 5.56 Å². The molecule has 2 aromatic rings. The van der Waals surface area contributed by atoms with Gasteiger partial charge in [-0.1, -0.05) is 81.7 Å². The summed E-state index contributed by atoms with van der Waals surface area (Å²) in [6.45, 7) is 0.0406. The smallest absolute Gasteiger partial charge is 0.141 e. The minimum Gasteiger partial charge on any atom is -0.316 e. The van der Waals surface area contributed by atoms with Crippen molar-refractivity contribution >= 4 is 69.6 Å².